The van der Waals surface area contributed by atoms with Crippen LogP contribution >= 0.6 is 0 Å². The van der Waals surface area contributed by atoms with E-state index in [0.717, 1.165) is 6.42 Å². The number of Topliss-reactive ketones (excluding diaryl/α,β-unsaturated/α-hetero) is 1. The predicted octanol–water partition coefficient (Wildman–Crippen LogP) is 3.23. The lowest BCUT2D eigenvalue weighted by atomic mass is 10.1. The van der Waals surface area contributed by atoms with E-state index in [-0.39, 0.29) is 5.78 Å². The lowest BCUT2D eigenvalue weighted by Gasteiger charge is -1.96. The molecule has 1 aromatic carbocycles. The molecule has 0 aliphatic rings. The van der Waals surface area contributed by atoms with Gasteiger partial charge in [-0.3, -0.25) is 0 Å². The van der Waals surface area contributed by atoms with Crippen molar-refractivity contribution in [1.82, 2.24) is 0 Å². The van der Waals surface area contributed by atoms with Crippen molar-refractivity contribution in [2.45, 2.75) is 33.6 Å². The molecule has 0 heterocycles. The summed E-state index contributed by atoms with van der Waals surface area (Å²) in [5.41, 5.74) is 1.24. The first-order valence-electron chi connectivity index (χ1n) is 4.82. The van der Waals surface area contributed by atoms with E-state index in [4.69, 9.17) is 0 Å². The van der Waals surface area contributed by atoms with Crippen LogP contribution in [0, 0.1) is 0 Å². The quantitative estimate of drug-likeness (QED) is 0.694. The Labute approximate surface area is 80.8 Å². The standard InChI is InChI=1S/C10H12O.C2H6/c1-9(11)7-8-10-5-3-2-4-6-10;1-2/h2-6H,7-8H2,1H3;1-2H3. The van der Waals surface area contributed by atoms with Crippen LogP contribution in [-0.2, 0) is 11.2 Å². The maximum absolute atomic E-state index is 10.6. The van der Waals surface area contributed by atoms with Gasteiger partial charge in [0, 0.05) is 6.42 Å². The van der Waals surface area contributed by atoms with Gasteiger partial charge in [-0.05, 0) is 18.9 Å². The molecule has 0 atom stereocenters. The minimum absolute atomic E-state index is 0.258. The zero-order valence-electron chi connectivity index (χ0n) is 8.71. The first-order chi connectivity index (χ1) is 6.29. The summed E-state index contributed by atoms with van der Waals surface area (Å²) >= 11 is 0. The van der Waals surface area contributed by atoms with E-state index in [2.05, 4.69) is 0 Å². The van der Waals surface area contributed by atoms with Crippen LogP contribution in [0.15, 0.2) is 30.3 Å². The second-order valence-corrected chi connectivity index (χ2v) is 2.69. The van der Waals surface area contributed by atoms with E-state index in [9.17, 15) is 4.79 Å². The van der Waals surface area contributed by atoms with Crippen molar-refractivity contribution in [3.63, 3.8) is 0 Å². The number of aryl methyl sites for hydroxylation is 1. The van der Waals surface area contributed by atoms with Crippen LogP contribution in [0.5, 0.6) is 0 Å². The molecule has 0 fully saturated rings. The molecule has 1 heteroatoms. The van der Waals surface area contributed by atoms with Gasteiger partial charge in [0.1, 0.15) is 5.78 Å². The van der Waals surface area contributed by atoms with Gasteiger partial charge in [0.05, 0.1) is 0 Å². The number of benzene rings is 1. The minimum atomic E-state index is 0.258. The summed E-state index contributed by atoms with van der Waals surface area (Å²) in [6.45, 7) is 5.63. The van der Waals surface area contributed by atoms with Crippen LogP contribution in [0.3, 0.4) is 0 Å². The zero-order valence-corrected chi connectivity index (χ0v) is 8.71. The van der Waals surface area contributed by atoms with Crippen LogP contribution < -0.4 is 0 Å². The van der Waals surface area contributed by atoms with Gasteiger partial charge in [0.15, 0.2) is 0 Å². The molecule has 1 rings (SSSR count). The largest absolute Gasteiger partial charge is 0.300 e. The van der Waals surface area contributed by atoms with Gasteiger partial charge in [-0.1, -0.05) is 44.2 Å². The van der Waals surface area contributed by atoms with Crippen molar-refractivity contribution in [1.29, 1.82) is 0 Å². The second kappa shape index (κ2) is 7.53. The number of carbonyl (C=O) groups excluding carboxylic acids is 1. The van der Waals surface area contributed by atoms with Crippen molar-refractivity contribution < 1.29 is 4.79 Å². The average molecular weight is 178 g/mol. The highest BCUT2D eigenvalue weighted by Gasteiger charge is 1.94. The summed E-state index contributed by atoms with van der Waals surface area (Å²) in [6.07, 6.45) is 1.53. The van der Waals surface area contributed by atoms with E-state index >= 15 is 0 Å². The number of rotatable bonds is 3. The van der Waals surface area contributed by atoms with Crippen LogP contribution in [0.25, 0.3) is 0 Å². The Hall–Kier alpha value is -1.11. The fourth-order valence-corrected chi connectivity index (χ4v) is 0.965. The number of hydrogen-bond donors (Lipinski definition) is 0. The molecule has 0 aliphatic heterocycles. The maximum Gasteiger partial charge on any atom is 0.130 e. The van der Waals surface area contributed by atoms with E-state index in [1.807, 2.05) is 44.2 Å². The zero-order chi connectivity index (χ0) is 10.1. The molecule has 0 unspecified atom stereocenters. The highest BCUT2D eigenvalue weighted by atomic mass is 16.1. The summed E-state index contributed by atoms with van der Waals surface area (Å²) in [5, 5.41) is 0. The molecule has 72 valence electrons. The Morgan fingerprint density at radius 3 is 2.15 bits per heavy atom. The SMILES string of the molecule is CC.CC(=O)CCc1ccccc1. The van der Waals surface area contributed by atoms with Crippen LogP contribution in [0.2, 0.25) is 0 Å². The van der Waals surface area contributed by atoms with Gasteiger partial charge in [0.2, 0.25) is 0 Å². The van der Waals surface area contributed by atoms with Crippen molar-refractivity contribution in [3.05, 3.63) is 35.9 Å². The van der Waals surface area contributed by atoms with Crippen LogP contribution in [0.1, 0.15) is 32.8 Å². The minimum Gasteiger partial charge on any atom is -0.300 e. The van der Waals surface area contributed by atoms with E-state index < -0.39 is 0 Å². The van der Waals surface area contributed by atoms with Crippen LogP contribution in [-0.4, -0.2) is 5.78 Å². The molecular formula is C12H18O. The molecular weight excluding hydrogens is 160 g/mol. The number of hydrogen-bond acceptors (Lipinski definition) is 1. The average Bonchev–Trinajstić information content (AvgIpc) is 2.19. The smallest absolute Gasteiger partial charge is 0.130 e. The normalized spacial score (nSPS) is 8.54. The number of carbonyl (C=O) groups is 1. The predicted molar refractivity (Wildman–Crippen MR) is 56.8 cm³/mol. The Bertz CT molecular complexity index is 226. The molecule has 0 saturated heterocycles. The van der Waals surface area contributed by atoms with Gasteiger partial charge in [-0.2, -0.15) is 0 Å². The Kier molecular flexibility index (Phi) is 6.89. The van der Waals surface area contributed by atoms with E-state index in [0.29, 0.717) is 6.42 Å². The molecule has 0 bridgehead atoms. The number of ketones is 1. The summed E-state index contributed by atoms with van der Waals surface area (Å²) in [6, 6.07) is 10.1. The van der Waals surface area contributed by atoms with Crippen molar-refractivity contribution in [2.24, 2.45) is 0 Å². The third-order valence-electron chi connectivity index (χ3n) is 1.61. The molecule has 0 N–H and O–H groups in total. The van der Waals surface area contributed by atoms with Crippen molar-refractivity contribution in [2.75, 3.05) is 0 Å². The molecule has 0 saturated carbocycles. The highest BCUT2D eigenvalue weighted by molar-refractivity contribution is 5.75. The third-order valence-corrected chi connectivity index (χ3v) is 1.61. The monoisotopic (exact) mass is 178 g/mol. The van der Waals surface area contributed by atoms with Gasteiger partial charge >= 0.3 is 0 Å². The molecule has 1 nitrogen and oxygen atoms in total. The molecule has 0 amide bonds. The van der Waals surface area contributed by atoms with Crippen molar-refractivity contribution in [3.8, 4) is 0 Å². The summed E-state index contributed by atoms with van der Waals surface area (Å²) < 4.78 is 0. The molecule has 0 radical (unpaired) electrons. The second-order valence-electron chi connectivity index (χ2n) is 2.69. The fourth-order valence-electron chi connectivity index (χ4n) is 0.965. The van der Waals surface area contributed by atoms with E-state index in [1.54, 1.807) is 6.92 Å². The van der Waals surface area contributed by atoms with E-state index in [1.165, 1.54) is 5.56 Å². The first-order valence-corrected chi connectivity index (χ1v) is 4.82. The molecule has 1 aromatic rings. The van der Waals surface area contributed by atoms with Gasteiger partial charge in [-0.15, -0.1) is 0 Å². The highest BCUT2D eigenvalue weighted by Crippen LogP contribution is 2.01. The van der Waals surface area contributed by atoms with Crippen LogP contribution in [0.4, 0.5) is 0 Å². The summed E-state index contributed by atoms with van der Waals surface area (Å²) in [5.74, 6) is 0.258. The summed E-state index contributed by atoms with van der Waals surface area (Å²) in [7, 11) is 0. The summed E-state index contributed by atoms with van der Waals surface area (Å²) in [4.78, 5) is 10.6. The lowest BCUT2D eigenvalue weighted by molar-refractivity contribution is -0.116. The van der Waals surface area contributed by atoms with Gasteiger partial charge in [0.25, 0.3) is 0 Å². The first kappa shape index (κ1) is 11.9. The lowest BCUT2D eigenvalue weighted by Crippen LogP contribution is -1.92. The van der Waals surface area contributed by atoms with Gasteiger partial charge in [-0.25, -0.2) is 0 Å². The Morgan fingerprint density at radius 2 is 1.69 bits per heavy atom. The molecule has 0 spiro atoms. The Balaban J connectivity index is 0.000000671. The van der Waals surface area contributed by atoms with Crippen molar-refractivity contribution >= 4 is 5.78 Å². The third kappa shape index (κ3) is 6.09. The molecule has 0 aromatic heterocycles. The topological polar surface area (TPSA) is 17.1 Å². The molecule has 13 heavy (non-hydrogen) atoms. The molecule has 0 aliphatic carbocycles. The Morgan fingerprint density at radius 1 is 1.15 bits per heavy atom. The van der Waals surface area contributed by atoms with Gasteiger partial charge < -0.3 is 4.79 Å². The maximum atomic E-state index is 10.6. The fraction of sp³-hybridized carbons (Fsp3) is 0.417.